The van der Waals surface area contributed by atoms with E-state index in [1.807, 2.05) is 0 Å². The standard InChI is InChI=1S/C15H18BrN3O4/c1-18-8-11(16)12(6-13(18)20)23-10-4-2-9(3-5-10)19-14(21)7-17-15(19)22/h6,8-10H,2-5,7H2,1H3,(H,17,22). The minimum absolute atomic E-state index is 0.0181. The molecule has 1 N–H and O–H groups in total. The van der Waals surface area contributed by atoms with Gasteiger partial charge in [-0.15, -0.1) is 0 Å². The monoisotopic (exact) mass is 383 g/mol. The lowest BCUT2D eigenvalue weighted by Crippen LogP contribution is -2.44. The van der Waals surface area contributed by atoms with Crippen LogP contribution < -0.4 is 15.6 Å². The third-order valence-electron chi connectivity index (χ3n) is 4.33. The van der Waals surface area contributed by atoms with Gasteiger partial charge in [-0.2, -0.15) is 0 Å². The van der Waals surface area contributed by atoms with E-state index in [1.165, 1.54) is 15.5 Å². The Morgan fingerprint density at radius 3 is 2.52 bits per heavy atom. The van der Waals surface area contributed by atoms with Crippen molar-refractivity contribution in [2.75, 3.05) is 6.54 Å². The fraction of sp³-hybridized carbons (Fsp3) is 0.533. The average Bonchev–Trinajstić information content (AvgIpc) is 2.85. The maximum absolute atomic E-state index is 11.7. The largest absolute Gasteiger partial charge is 0.489 e. The van der Waals surface area contributed by atoms with Crippen molar-refractivity contribution in [1.82, 2.24) is 14.8 Å². The van der Waals surface area contributed by atoms with E-state index in [1.54, 1.807) is 13.2 Å². The SMILES string of the molecule is Cn1cc(Br)c(OC2CCC(N3C(=O)CNC3=O)CC2)cc1=O. The molecule has 2 heterocycles. The van der Waals surface area contributed by atoms with Crippen molar-refractivity contribution in [3.63, 3.8) is 0 Å². The molecule has 1 aromatic heterocycles. The summed E-state index contributed by atoms with van der Waals surface area (Å²) in [7, 11) is 1.68. The molecule has 0 atom stereocenters. The minimum Gasteiger partial charge on any atom is -0.489 e. The smallest absolute Gasteiger partial charge is 0.324 e. The van der Waals surface area contributed by atoms with E-state index in [9.17, 15) is 14.4 Å². The maximum atomic E-state index is 11.7. The number of nitrogens with one attached hydrogen (secondary N) is 1. The molecule has 1 aliphatic heterocycles. The van der Waals surface area contributed by atoms with E-state index in [4.69, 9.17) is 4.74 Å². The first-order valence-corrected chi connectivity index (χ1v) is 8.37. The number of halogens is 1. The number of aryl methyl sites for hydroxylation is 1. The van der Waals surface area contributed by atoms with Crippen molar-refractivity contribution in [2.45, 2.75) is 37.8 Å². The Kier molecular flexibility index (Phi) is 4.43. The molecule has 124 valence electrons. The van der Waals surface area contributed by atoms with Crippen LogP contribution in [0.3, 0.4) is 0 Å². The first kappa shape index (κ1) is 16.0. The second kappa shape index (κ2) is 6.35. The van der Waals surface area contributed by atoms with Crippen LogP contribution in [0.1, 0.15) is 25.7 Å². The highest BCUT2D eigenvalue weighted by Crippen LogP contribution is 2.30. The minimum atomic E-state index is -0.298. The predicted molar refractivity (Wildman–Crippen MR) is 86.3 cm³/mol. The number of hydrogen-bond acceptors (Lipinski definition) is 4. The molecule has 23 heavy (non-hydrogen) atoms. The maximum Gasteiger partial charge on any atom is 0.324 e. The van der Waals surface area contributed by atoms with Crippen LogP contribution >= 0.6 is 15.9 Å². The Bertz CT molecular complexity index is 678. The number of aromatic nitrogens is 1. The number of carbonyl (C=O) groups excluding carboxylic acids is 2. The molecule has 8 heteroatoms. The first-order valence-electron chi connectivity index (χ1n) is 7.58. The lowest BCUT2D eigenvalue weighted by atomic mass is 9.92. The van der Waals surface area contributed by atoms with Crippen molar-refractivity contribution >= 4 is 27.9 Å². The molecule has 1 saturated heterocycles. The zero-order valence-electron chi connectivity index (χ0n) is 12.8. The second-order valence-electron chi connectivity index (χ2n) is 5.91. The molecule has 3 amide bonds. The Morgan fingerprint density at radius 2 is 1.91 bits per heavy atom. The number of pyridine rings is 1. The van der Waals surface area contributed by atoms with Gasteiger partial charge in [-0.3, -0.25) is 14.5 Å². The van der Waals surface area contributed by atoms with Crippen molar-refractivity contribution in [3.05, 3.63) is 27.1 Å². The van der Waals surface area contributed by atoms with Crippen molar-refractivity contribution in [1.29, 1.82) is 0 Å². The summed E-state index contributed by atoms with van der Waals surface area (Å²) in [5.41, 5.74) is -0.128. The third kappa shape index (κ3) is 3.26. The molecule has 0 unspecified atom stereocenters. The normalized spacial score (nSPS) is 24.7. The van der Waals surface area contributed by atoms with Crippen LogP contribution in [0.5, 0.6) is 5.75 Å². The molecule has 1 aromatic rings. The fourth-order valence-corrected chi connectivity index (χ4v) is 3.59. The number of nitrogens with zero attached hydrogens (tertiary/aromatic N) is 2. The Morgan fingerprint density at radius 1 is 1.22 bits per heavy atom. The molecular formula is C15H18BrN3O4. The number of urea groups is 1. The van der Waals surface area contributed by atoms with E-state index in [-0.39, 0.29) is 36.2 Å². The summed E-state index contributed by atoms with van der Waals surface area (Å²) < 4.78 is 8.13. The second-order valence-corrected chi connectivity index (χ2v) is 6.76. The molecule has 0 aromatic carbocycles. The quantitative estimate of drug-likeness (QED) is 0.799. The summed E-state index contributed by atoms with van der Waals surface area (Å²) in [6.07, 6.45) is 4.57. The van der Waals surface area contributed by atoms with Gasteiger partial charge in [0.2, 0.25) is 5.91 Å². The lowest BCUT2D eigenvalue weighted by Gasteiger charge is -2.33. The first-order chi connectivity index (χ1) is 11.0. The van der Waals surface area contributed by atoms with Gasteiger partial charge in [0.25, 0.3) is 5.56 Å². The van der Waals surface area contributed by atoms with Gasteiger partial charge in [-0.25, -0.2) is 4.79 Å². The van der Waals surface area contributed by atoms with Gasteiger partial charge in [-0.05, 0) is 41.6 Å². The molecule has 1 saturated carbocycles. The summed E-state index contributed by atoms with van der Waals surface area (Å²) >= 11 is 3.40. The van der Waals surface area contributed by atoms with Crippen molar-refractivity contribution in [3.8, 4) is 5.75 Å². The van der Waals surface area contributed by atoms with Gasteiger partial charge < -0.3 is 14.6 Å². The lowest BCUT2D eigenvalue weighted by molar-refractivity contribution is -0.127. The molecular weight excluding hydrogens is 366 g/mol. The fourth-order valence-electron chi connectivity index (χ4n) is 3.08. The molecule has 7 nitrogen and oxygen atoms in total. The zero-order chi connectivity index (χ0) is 16.6. The van der Waals surface area contributed by atoms with Crippen LogP contribution in [0.15, 0.2) is 21.5 Å². The number of rotatable bonds is 3. The average molecular weight is 384 g/mol. The van der Waals surface area contributed by atoms with Crippen LogP contribution in [0.4, 0.5) is 4.79 Å². The van der Waals surface area contributed by atoms with Gasteiger partial charge in [-0.1, -0.05) is 0 Å². The summed E-state index contributed by atoms with van der Waals surface area (Å²) in [6.45, 7) is 0.0928. The van der Waals surface area contributed by atoms with Crippen LogP contribution in [-0.2, 0) is 11.8 Å². The third-order valence-corrected chi connectivity index (χ3v) is 4.92. The Hall–Kier alpha value is -1.83. The number of carbonyl (C=O) groups is 2. The predicted octanol–water partition coefficient (Wildman–Crippen LogP) is 1.39. The van der Waals surface area contributed by atoms with Crippen LogP contribution in [-0.4, -0.2) is 40.1 Å². The van der Waals surface area contributed by atoms with Crippen LogP contribution in [0.25, 0.3) is 0 Å². The summed E-state index contributed by atoms with van der Waals surface area (Å²) in [6, 6.07) is 1.11. The highest BCUT2D eigenvalue weighted by Gasteiger charge is 2.37. The van der Waals surface area contributed by atoms with E-state index < -0.39 is 0 Å². The summed E-state index contributed by atoms with van der Waals surface area (Å²) in [5, 5.41) is 2.55. The number of imide groups is 1. The van der Waals surface area contributed by atoms with Crippen molar-refractivity contribution < 1.29 is 14.3 Å². The molecule has 2 aliphatic rings. The number of ether oxygens (including phenoxy) is 1. The molecule has 2 fully saturated rings. The van der Waals surface area contributed by atoms with E-state index in [2.05, 4.69) is 21.2 Å². The molecule has 0 radical (unpaired) electrons. The van der Waals surface area contributed by atoms with Gasteiger partial charge in [0.05, 0.1) is 17.1 Å². The highest BCUT2D eigenvalue weighted by atomic mass is 79.9. The molecule has 0 bridgehead atoms. The number of hydrogen-bond donors (Lipinski definition) is 1. The Labute approximate surface area is 141 Å². The summed E-state index contributed by atoms with van der Waals surface area (Å²) in [5.74, 6) is 0.375. The summed E-state index contributed by atoms with van der Waals surface area (Å²) in [4.78, 5) is 36.5. The molecule has 3 rings (SSSR count). The topological polar surface area (TPSA) is 80.6 Å². The highest BCUT2D eigenvalue weighted by molar-refractivity contribution is 9.10. The zero-order valence-corrected chi connectivity index (χ0v) is 14.3. The van der Waals surface area contributed by atoms with Crippen LogP contribution in [0.2, 0.25) is 0 Å². The van der Waals surface area contributed by atoms with Crippen LogP contribution in [0, 0.1) is 0 Å². The van der Waals surface area contributed by atoms with Crippen molar-refractivity contribution in [2.24, 2.45) is 7.05 Å². The van der Waals surface area contributed by atoms with Gasteiger partial charge in [0.1, 0.15) is 5.75 Å². The van der Waals surface area contributed by atoms with E-state index in [0.29, 0.717) is 18.6 Å². The van der Waals surface area contributed by atoms with Gasteiger partial charge >= 0.3 is 6.03 Å². The van der Waals surface area contributed by atoms with Gasteiger partial charge in [0, 0.05) is 25.4 Å². The number of amides is 3. The molecule has 1 aliphatic carbocycles. The Balaban J connectivity index is 1.61. The van der Waals surface area contributed by atoms with E-state index in [0.717, 1.165) is 17.3 Å². The molecule has 0 spiro atoms. The van der Waals surface area contributed by atoms with E-state index >= 15 is 0 Å². The van der Waals surface area contributed by atoms with Gasteiger partial charge in [0.15, 0.2) is 0 Å².